The standard InChI is InChI=1S/C87H154NO8P/c1-3-5-7-9-11-13-15-17-19-21-23-25-27-29-31-33-35-37-39-40-41-42-43-44-46-47-49-51-53-55-57-59-61-63-65-67-69-71-73-75-77-79-86(89)93-83-85(84-95-97(91,92)94-82-81-88)96-87(90)80-78-76-74-72-70-68-66-64-62-60-58-56-54-52-50-48-45-38-36-34-32-30-28-26-24-22-20-18-16-14-12-10-8-6-4-2/h6,8,12,14,18,20-21,23-24,26,30,32,36,38,48,50,54,56,60,62,85H,3-5,7,9-11,13,15-17,19,22,25,27-29,31,33-35,37,39-47,49,51-53,55,57-59,61,63-84,88H2,1-2H3,(H,91,92)/b8-6-,14-12-,20-18-,23-21-,26-24-,32-30-,38-36-,50-48-,56-54-,62-60-. The van der Waals surface area contributed by atoms with E-state index < -0.39 is 26.5 Å². The van der Waals surface area contributed by atoms with E-state index in [-0.39, 0.29) is 38.6 Å². The van der Waals surface area contributed by atoms with Crippen molar-refractivity contribution in [3.8, 4) is 0 Å². The van der Waals surface area contributed by atoms with Crippen molar-refractivity contribution in [1.82, 2.24) is 0 Å². The van der Waals surface area contributed by atoms with Crippen LogP contribution in [-0.2, 0) is 32.7 Å². The van der Waals surface area contributed by atoms with Crippen molar-refractivity contribution >= 4 is 19.8 Å². The van der Waals surface area contributed by atoms with Gasteiger partial charge in [0.2, 0.25) is 0 Å². The second-order valence-corrected chi connectivity index (χ2v) is 28.7. The van der Waals surface area contributed by atoms with E-state index in [2.05, 4.69) is 135 Å². The fraction of sp³-hybridized carbons (Fsp3) is 0.747. The first kappa shape index (κ1) is 93.4. The van der Waals surface area contributed by atoms with Gasteiger partial charge in [-0.15, -0.1) is 0 Å². The largest absolute Gasteiger partial charge is 0.472 e. The summed E-state index contributed by atoms with van der Waals surface area (Å²) in [5.74, 6) is -0.832. The molecule has 0 aromatic carbocycles. The maximum Gasteiger partial charge on any atom is 0.472 e. The first-order chi connectivity index (χ1) is 47.8. The van der Waals surface area contributed by atoms with Crippen molar-refractivity contribution in [2.45, 2.75) is 392 Å². The van der Waals surface area contributed by atoms with Gasteiger partial charge in [-0.3, -0.25) is 18.6 Å². The molecule has 0 saturated heterocycles. The lowest BCUT2D eigenvalue weighted by molar-refractivity contribution is -0.161. The number of allylic oxidation sites excluding steroid dienone is 20. The minimum atomic E-state index is -4.41. The van der Waals surface area contributed by atoms with Gasteiger partial charge in [0.25, 0.3) is 0 Å². The Morgan fingerprint density at radius 2 is 0.567 bits per heavy atom. The van der Waals surface area contributed by atoms with Crippen LogP contribution in [0, 0.1) is 0 Å². The zero-order valence-electron chi connectivity index (χ0n) is 63.3. The van der Waals surface area contributed by atoms with Gasteiger partial charge in [0.15, 0.2) is 6.10 Å². The summed E-state index contributed by atoms with van der Waals surface area (Å²) in [6.07, 6.45) is 115. The highest BCUT2D eigenvalue weighted by atomic mass is 31.2. The second-order valence-electron chi connectivity index (χ2n) is 27.3. The van der Waals surface area contributed by atoms with Crippen molar-refractivity contribution in [3.63, 3.8) is 0 Å². The second kappa shape index (κ2) is 81.4. The smallest absolute Gasteiger partial charge is 0.462 e. The molecule has 2 atom stereocenters. The third-order valence-electron chi connectivity index (χ3n) is 17.8. The number of unbranched alkanes of at least 4 members (excludes halogenated alkanes) is 44. The first-order valence-electron chi connectivity index (χ1n) is 41.0. The molecule has 0 aliphatic heterocycles. The van der Waals surface area contributed by atoms with Crippen LogP contribution in [0.4, 0.5) is 0 Å². The molecule has 0 fully saturated rings. The highest BCUT2D eigenvalue weighted by Crippen LogP contribution is 2.43. The molecule has 0 spiro atoms. The van der Waals surface area contributed by atoms with Crippen LogP contribution in [0.25, 0.3) is 0 Å². The van der Waals surface area contributed by atoms with Gasteiger partial charge >= 0.3 is 19.8 Å². The predicted molar refractivity (Wildman–Crippen MR) is 422 cm³/mol. The monoisotopic (exact) mass is 1370 g/mol. The molecule has 0 heterocycles. The Morgan fingerprint density at radius 3 is 0.856 bits per heavy atom. The fourth-order valence-corrected chi connectivity index (χ4v) is 12.6. The molecule has 560 valence electrons. The Hall–Kier alpha value is -3.59. The lowest BCUT2D eigenvalue weighted by Gasteiger charge is -2.19. The Morgan fingerprint density at radius 1 is 0.320 bits per heavy atom. The van der Waals surface area contributed by atoms with E-state index in [1.54, 1.807) is 0 Å². The molecule has 9 nitrogen and oxygen atoms in total. The quantitative estimate of drug-likeness (QED) is 0.0264. The normalized spacial score (nSPS) is 13.5. The average molecular weight is 1370 g/mol. The van der Waals surface area contributed by atoms with Crippen LogP contribution in [0.5, 0.6) is 0 Å². The number of esters is 2. The summed E-state index contributed by atoms with van der Waals surface area (Å²) < 4.78 is 33.3. The summed E-state index contributed by atoms with van der Waals surface area (Å²) in [6.45, 7) is 3.66. The Labute approximate surface area is 600 Å². The zero-order chi connectivity index (χ0) is 70.0. The maximum absolute atomic E-state index is 12.8. The van der Waals surface area contributed by atoms with Gasteiger partial charge in [0.05, 0.1) is 13.2 Å². The van der Waals surface area contributed by atoms with E-state index in [1.807, 2.05) is 0 Å². The summed E-state index contributed by atoms with van der Waals surface area (Å²) >= 11 is 0. The van der Waals surface area contributed by atoms with Crippen molar-refractivity contribution in [2.75, 3.05) is 26.4 Å². The molecule has 2 unspecified atom stereocenters. The van der Waals surface area contributed by atoms with Crippen molar-refractivity contribution in [3.05, 3.63) is 122 Å². The molecule has 10 heteroatoms. The van der Waals surface area contributed by atoms with Crippen LogP contribution >= 0.6 is 7.82 Å². The molecule has 0 rings (SSSR count). The third kappa shape index (κ3) is 81.3. The summed E-state index contributed by atoms with van der Waals surface area (Å²) in [5, 5.41) is 0. The van der Waals surface area contributed by atoms with E-state index in [9.17, 15) is 19.0 Å². The van der Waals surface area contributed by atoms with E-state index >= 15 is 0 Å². The van der Waals surface area contributed by atoms with Crippen LogP contribution in [0.3, 0.4) is 0 Å². The molecule has 0 aliphatic rings. The van der Waals surface area contributed by atoms with Gasteiger partial charge < -0.3 is 20.1 Å². The van der Waals surface area contributed by atoms with E-state index in [4.69, 9.17) is 24.3 Å². The lowest BCUT2D eigenvalue weighted by Crippen LogP contribution is -2.29. The van der Waals surface area contributed by atoms with Gasteiger partial charge in [0, 0.05) is 19.4 Å². The van der Waals surface area contributed by atoms with Crippen molar-refractivity contribution in [2.24, 2.45) is 5.73 Å². The van der Waals surface area contributed by atoms with E-state index in [1.165, 1.54) is 250 Å². The number of carbonyl (C=O) groups excluding carboxylic acids is 2. The van der Waals surface area contributed by atoms with Crippen LogP contribution in [0.15, 0.2) is 122 Å². The molecular formula is C87H154NO8P. The number of ether oxygens (including phenoxy) is 2. The number of phosphoric ester groups is 1. The summed E-state index contributed by atoms with van der Waals surface area (Å²) in [6, 6.07) is 0. The minimum absolute atomic E-state index is 0.0474. The number of hydrogen-bond acceptors (Lipinski definition) is 8. The maximum atomic E-state index is 12.8. The molecule has 0 aromatic heterocycles. The zero-order valence-corrected chi connectivity index (χ0v) is 64.2. The van der Waals surface area contributed by atoms with Crippen LogP contribution in [0.2, 0.25) is 0 Å². The Bertz CT molecular complexity index is 2020. The number of hydrogen-bond donors (Lipinski definition) is 2. The number of phosphoric acid groups is 1. The highest BCUT2D eigenvalue weighted by Gasteiger charge is 2.26. The molecule has 3 N–H and O–H groups in total. The van der Waals surface area contributed by atoms with Crippen molar-refractivity contribution < 1.29 is 37.6 Å². The first-order valence-corrected chi connectivity index (χ1v) is 42.5. The van der Waals surface area contributed by atoms with Gasteiger partial charge in [-0.25, -0.2) is 4.57 Å². The number of nitrogens with two attached hydrogens (primary N) is 1. The van der Waals surface area contributed by atoms with Gasteiger partial charge in [-0.2, -0.15) is 0 Å². The van der Waals surface area contributed by atoms with Gasteiger partial charge in [0.1, 0.15) is 6.61 Å². The summed E-state index contributed by atoms with van der Waals surface area (Å²) in [5.41, 5.74) is 5.41. The van der Waals surface area contributed by atoms with Crippen LogP contribution < -0.4 is 5.73 Å². The highest BCUT2D eigenvalue weighted by molar-refractivity contribution is 7.47. The molecule has 0 radical (unpaired) electrons. The lowest BCUT2D eigenvalue weighted by atomic mass is 10.0. The summed E-state index contributed by atoms with van der Waals surface area (Å²) in [7, 11) is -4.41. The molecular weight excluding hydrogens is 1220 g/mol. The van der Waals surface area contributed by atoms with Crippen molar-refractivity contribution in [1.29, 1.82) is 0 Å². The predicted octanol–water partition coefficient (Wildman–Crippen LogP) is 27.8. The molecule has 0 amide bonds. The van der Waals surface area contributed by atoms with Crippen LogP contribution in [0.1, 0.15) is 386 Å². The Balaban J connectivity index is 3.82. The Kier molecular flexibility index (Phi) is 78.4. The SMILES string of the molecule is CC/C=C\C/C=C\C/C=C\C/C=C\C/C=C\C/C=C\C/C=C\C/C=C\C/C=C\CCCCCCCCCC(=O)OC(COC(=O)CCCCCCCCCCCCCCCCCCCCCCCCCCCCCCC/C=C\CCCCCCCCCC)COP(=O)(O)OCCN. The average Bonchev–Trinajstić information content (AvgIpc) is 2.69. The summed E-state index contributed by atoms with van der Waals surface area (Å²) in [4.78, 5) is 35.5. The molecule has 97 heavy (non-hydrogen) atoms. The molecule has 0 aliphatic carbocycles. The topological polar surface area (TPSA) is 134 Å². The van der Waals surface area contributed by atoms with Gasteiger partial charge in [-0.05, 0) is 109 Å². The fourth-order valence-electron chi connectivity index (χ4n) is 11.8. The van der Waals surface area contributed by atoms with E-state index in [0.29, 0.717) is 6.42 Å². The van der Waals surface area contributed by atoms with E-state index in [0.717, 1.165) is 103 Å². The minimum Gasteiger partial charge on any atom is -0.462 e. The van der Waals surface area contributed by atoms with Gasteiger partial charge in [-0.1, -0.05) is 386 Å². The van der Waals surface area contributed by atoms with Crippen LogP contribution in [-0.4, -0.2) is 49.3 Å². The molecule has 0 aromatic rings. The number of carbonyl (C=O) groups is 2. The number of rotatable bonds is 77. The molecule has 0 bridgehead atoms. The molecule has 0 saturated carbocycles. The third-order valence-corrected chi connectivity index (χ3v) is 18.8.